The van der Waals surface area contributed by atoms with Gasteiger partial charge in [-0.05, 0) is 43.3 Å². The molecule has 6 heteroatoms. The molecule has 2 amide bonds. The highest BCUT2D eigenvalue weighted by atomic mass is 16.5. The standard InChI is InChI=1S/C25H27N3O3/c1-3-28(17-19-9-5-4-6-10-19)18-24(29)27-23-12-8-7-11-22(23)25(30)26-20-13-15-21(31-2)16-14-20/h4-16H,3,17-18H2,1-2H3,(H,26,30)(H,27,29)/p+1. The van der Waals surface area contributed by atoms with E-state index in [4.69, 9.17) is 4.74 Å². The number of carbonyl (C=O) groups excluding carboxylic acids is 2. The maximum Gasteiger partial charge on any atom is 0.279 e. The van der Waals surface area contributed by atoms with Gasteiger partial charge in [0.25, 0.3) is 11.8 Å². The first-order valence-electron chi connectivity index (χ1n) is 10.3. The van der Waals surface area contributed by atoms with Crippen molar-refractivity contribution in [2.75, 3.05) is 30.8 Å². The van der Waals surface area contributed by atoms with Crippen LogP contribution in [0.2, 0.25) is 0 Å². The lowest BCUT2D eigenvalue weighted by Crippen LogP contribution is -3.11. The fourth-order valence-corrected chi connectivity index (χ4v) is 3.28. The minimum Gasteiger partial charge on any atom is -0.497 e. The minimum atomic E-state index is -0.287. The van der Waals surface area contributed by atoms with E-state index in [1.807, 2.05) is 18.2 Å². The van der Waals surface area contributed by atoms with Gasteiger partial charge in [0.05, 0.1) is 24.9 Å². The quantitative estimate of drug-likeness (QED) is 0.500. The first-order chi connectivity index (χ1) is 15.1. The zero-order valence-electron chi connectivity index (χ0n) is 17.9. The summed E-state index contributed by atoms with van der Waals surface area (Å²) in [7, 11) is 1.59. The number of para-hydroxylation sites is 1. The number of quaternary nitrogens is 1. The van der Waals surface area contributed by atoms with Gasteiger partial charge in [0.1, 0.15) is 12.3 Å². The number of benzene rings is 3. The Bertz CT molecular complexity index is 1000. The molecular weight excluding hydrogens is 390 g/mol. The fourth-order valence-electron chi connectivity index (χ4n) is 3.28. The van der Waals surface area contributed by atoms with Crippen molar-refractivity contribution in [2.45, 2.75) is 13.5 Å². The molecule has 0 bridgehead atoms. The van der Waals surface area contributed by atoms with Crippen LogP contribution >= 0.6 is 0 Å². The number of nitrogens with one attached hydrogen (secondary N) is 3. The molecule has 1 unspecified atom stereocenters. The van der Waals surface area contributed by atoms with E-state index in [0.29, 0.717) is 29.2 Å². The highest BCUT2D eigenvalue weighted by Gasteiger charge is 2.17. The van der Waals surface area contributed by atoms with Gasteiger partial charge >= 0.3 is 0 Å². The molecule has 0 saturated heterocycles. The molecule has 0 aliphatic carbocycles. The molecule has 0 fully saturated rings. The van der Waals surface area contributed by atoms with E-state index in [1.165, 1.54) is 5.56 Å². The largest absolute Gasteiger partial charge is 0.497 e. The van der Waals surface area contributed by atoms with Crippen molar-refractivity contribution in [3.05, 3.63) is 90.0 Å². The molecule has 160 valence electrons. The summed E-state index contributed by atoms with van der Waals surface area (Å²) in [5.41, 5.74) is 2.74. The maximum absolute atomic E-state index is 12.8. The molecule has 1 atom stereocenters. The smallest absolute Gasteiger partial charge is 0.279 e. The third-order valence-corrected chi connectivity index (χ3v) is 5.00. The van der Waals surface area contributed by atoms with Crippen LogP contribution in [0.25, 0.3) is 0 Å². The summed E-state index contributed by atoms with van der Waals surface area (Å²) >= 11 is 0. The maximum atomic E-state index is 12.8. The summed E-state index contributed by atoms with van der Waals surface area (Å²) < 4.78 is 5.14. The van der Waals surface area contributed by atoms with Crippen molar-refractivity contribution in [2.24, 2.45) is 0 Å². The Morgan fingerprint density at radius 2 is 1.55 bits per heavy atom. The molecule has 0 aromatic heterocycles. The van der Waals surface area contributed by atoms with E-state index in [0.717, 1.165) is 18.0 Å². The molecule has 0 heterocycles. The van der Waals surface area contributed by atoms with Crippen molar-refractivity contribution >= 4 is 23.2 Å². The van der Waals surface area contributed by atoms with E-state index in [1.54, 1.807) is 55.6 Å². The second kappa shape index (κ2) is 10.9. The molecular formula is C25H28N3O3+. The van der Waals surface area contributed by atoms with Crippen molar-refractivity contribution in [3.63, 3.8) is 0 Å². The summed E-state index contributed by atoms with van der Waals surface area (Å²) in [6.07, 6.45) is 0. The Balaban J connectivity index is 1.64. The number of ether oxygens (including phenoxy) is 1. The lowest BCUT2D eigenvalue weighted by molar-refractivity contribution is -0.903. The van der Waals surface area contributed by atoms with Gasteiger partial charge in [-0.15, -0.1) is 0 Å². The second-order valence-corrected chi connectivity index (χ2v) is 7.22. The molecule has 0 radical (unpaired) electrons. The van der Waals surface area contributed by atoms with Gasteiger partial charge in [0, 0.05) is 11.3 Å². The van der Waals surface area contributed by atoms with Crippen LogP contribution < -0.4 is 20.3 Å². The number of rotatable bonds is 9. The van der Waals surface area contributed by atoms with E-state index in [9.17, 15) is 9.59 Å². The lowest BCUT2D eigenvalue weighted by atomic mass is 10.1. The Morgan fingerprint density at radius 3 is 2.23 bits per heavy atom. The van der Waals surface area contributed by atoms with Crippen LogP contribution in [0.1, 0.15) is 22.8 Å². The Hall–Kier alpha value is -3.64. The number of hydrogen-bond donors (Lipinski definition) is 3. The Kier molecular flexibility index (Phi) is 7.79. The van der Waals surface area contributed by atoms with Crippen molar-refractivity contribution in [3.8, 4) is 5.75 Å². The average molecular weight is 419 g/mol. The number of likely N-dealkylation sites (N-methyl/N-ethyl adjacent to an activating group) is 1. The molecule has 6 nitrogen and oxygen atoms in total. The molecule has 0 aliphatic rings. The highest BCUT2D eigenvalue weighted by Crippen LogP contribution is 2.19. The van der Waals surface area contributed by atoms with E-state index >= 15 is 0 Å². The van der Waals surface area contributed by atoms with Crippen LogP contribution in [0, 0.1) is 0 Å². The number of carbonyl (C=O) groups is 2. The van der Waals surface area contributed by atoms with Crippen LogP contribution in [0.3, 0.4) is 0 Å². The van der Waals surface area contributed by atoms with Gasteiger partial charge in [-0.3, -0.25) is 9.59 Å². The van der Waals surface area contributed by atoms with Crippen molar-refractivity contribution in [1.82, 2.24) is 0 Å². The van der Waals surface area contributed by atoms with Gasteiger partial charge < -0.3 is 20.3 Å². The summed E-state index contributed by atoms with van der Waals surface area (Å²) in [5.74, 6) is 0.298. The van der Waals surface area contributed by atoms with Gasteiger partial charge in [0.2, 0.25) is 0 Å². The topological polar surface area (TPSA) is 71.9 Å². The zero-order chi connectivity index (χ0) is 22.1. The molecule has 0 spiro atoms. The predicted octanol–water partition coefficient (Wildman–Crippen LogP) is 2.99. The van der Waals surface area contributed by atoms with Gasteiger partial charge in [-0.1, -0.05) is 42.5 Å². The number of hydrogen-bond acceptors (Lipinski definition) is 3. The van der Waals surface area contributed by atoms with Crippen LogP contribution in [-0.4, -0.2) is 32.0 Å². The predicted molar refractivity (Wildman–Crippen MR) is 123 cm³/mol. The molecule has 0 saturated carbocycles. The molecule has 31 heavy (non-hydrogen) atoms. The number of methoxy groups -OCH3 is 1. The normalized spacial score (nSPS) is 11.4. The van der Waals surface area contributed by atoms with Crippen molar-refractivity contribution < 1.29 is 19.2 Å². The third kappa shape index (κ3) is 6.42. The highest BCUT2D eigenvalue weighted by molar-refractivity contribution is 6.10. The van der Waals surface area contributed by atoms with Gasteiger partial charge in [-0.25, -0.2) is 0 Å². The van der Waals surface area contributed by atoms with Gasteiger partial charge in [-0.2, -0.15) is 0 Å². The van der Waals surface area contributed by atoms with Crippen molar-refractivity contribution in [1.29, 1.82) is 0 Å². The monoisotopic (exact) mass is 418 g/mol. The molecule has 0 aliphatic heterocycles. The lowest BCUT2D eigenvalue weighted by Gasteiger charge is -2.18. The Labute approximate surface area is 182 Å². The number of amides is 2. The van der Waals surface area contributed by atoms with E-state index in [-0.39, 0.29) is 11.8 Å². The molecule has 3 rings (SSSR count). The van der Waals surface area contributed by atoms with Gasteiger partial charge in [0.15, 0.2) is 6.54 Å². The molecule has 3 aromatic rings. The first-order valence-corrected chi connectivity index (χ1v) is 10.3. The first kappa shape index (κ1) is 22.1. The third-order valence-electron chi connectivity index (χ3n) is 5.00. The van der Waals surface area contributed by atoms with Crippen LogP contribution in [0.4, 0.5) is 11.4 Å². The fraction of sp³-hybridized carbons (Fsp3) is 0.200. The zero-order valence-corrected chi connectivity index (χ0v) is 17.9. The Morgan fingerprint density at radius 1 is 0.871 bits per heavy atom. The summed E-state index contributed by atoms with van der Waals surface area (Å²) in [6.45, 7) is 3.97. The van der Waals surface area contributed by atoms with E-state index < -0.39 is 0 Å². The number of anilines is 2. The average Bonchev–Trinajstić information content (AvgIpc) is 2.80. The molecule has 3 N–H and O–H groups in total. The minimum absolute atomic E-state index is 0.127. The summed E-state index contributed by atoms with van der Waals surface area (Å²) in [6, 6.07) is 24.2. The van der Waals surface area contributed by atoms with Crippen LogP contribution in [0.5, 0.6) is 5.75 Å². The van der Waals surface area contributed by atoms with Crippen LogP contribution in [-0.2, 0) is 11.3 Å². The SMILES string of the molecule is CC[NH+](CC(=O)Nc1ccccc1C(=O)Nc1ccc(OC)cc1)Cc1ccccc1. The second-order valence-electron chi connectivity index (χ2n) is 7.22. The summed E-state index contributed by atoms with van der Waals surface area (Å²) in [5, 5.41) is 5.76. The molecule has 3 aromatic carbocycles. The van der Waals surface area contributed by atoms with E-state index in [2.05, 4.69) is 29.7 Å². The van der Waals surface area contributed by atoms with Crippen LogP contribution in [0.15, 0.2) is 78.9 Å². The summed E-state index contributed by atoms with van der Waals surface area (Å²) in [4.78, 5) is 26.6.